The Bertz CT molecular complexity index is 361. The van der Waals surface area contributed by atoms with Crippen LogP contribution in [0.15, 0.2) is 10.7 Å². The van der Waals surface area contributed by atoms with Crippen molar-refractivity contribution in [3.05, 3.63) is 16.5 Å². The molecular weight excluding hydrogens is 286 g/mol. The van der Waals surface area contributed by atoms with Gasteiger partial charge in [-0.25, -0.2) is 9.97 Å². The van der Waals surface area contributed by atoms with E-state index in [-0.39, 0.29) is 5.92 Å². The van der Waals surface area contributed by atoms with E-state index in [2.05, 4.69) is 31.2 Å². The molecule has 0 saturated carbocycles. The van der Waals surface area contributed by atoms with Crippen LogP contribution in [0.3, 0.4) is 0 Å². The Morgan fingerprint density at radius 2 is 2.18 bits per heavy atom. The van der Waals surface area contributed by atoms with Gasteiger partial charge in [0.25, 0.3) is 0 Å². The van der Waals surface area contributed by atoms with Gasteiger partial charge < -0.3 is 15.2 Å². The number of aromatic nitrogens is 2. The van der Waals surface area contributed by atoms with Gasteiger partial charge in [-0.2, -0.15) is 0 Å². The Morgan fingerprint density at radius 1 is 1.47 bits per heavy atom. The number of hydrogen-bond donors (Lipinski definition) is 2. The molecule has 0 aliphatic carbocycles. The average molecular weight is 304 g/mol. The van der Waals surface area contributed by atoms with Gasteiger partial charge in [-0.3, -0.25) is 0 Å². The monoisotopic (exact) mass is 303 g/mol. The van der Waals surface area contributed by atoms with Crippen LogP contribution in [0, 0.1) is 0 Å². The summed E-state index contributed by atoms with van der Waals surface area (Å²) in [6.07, 6.45) is -0.545. The van der Waals surface area contributed by atoms with E-state index >= 15 is 0 Å². The molecule has 1 rings (SSSR count). The van der Waals surface area contributed by atoms with Gasteiger partial charge in [-0.15, -0.1) is 0 Å². The maximum atomic E-state index is 9.52. The molecule has 5 nitrogen and oxygen atoms in total. The minimum atomic E-state index is -0.545. The van der Waals surface area contributed by atoms with E-state index in [1.165, 1.54) is 0 Å². The third kappa shape index (κ3) is 4.97. The van der Waals surface area contributed by atoms with Gasteiger partial charge in [0.05, 0.1) is 12.7 Å². The van der Waals surface area contributed by atoms with E-state index in [0.717, 1.165) is 10.4 Å². The highest BCUT2D eigenvalue weighted by atomic mass is 79.9. The predicted octanol–water partition coefficient (Wildman–Crippen LogP) is 1.78. The summed E-state index contributed by atoms with van der Waals surface area (Å²) in [7, 11) is 1.56. The molecule has 0 fully saturated rings. The van der Waals surface area contributed by atoms with Crippen molar-refractivity contribution < 1.29 is 9.84 Å². The lowest BCUT2D eigenvalue weighted by molar-refractivity contribution is 0.0727. The number of ether oxygens (including phenoxy) is 1. The zero-order chi connectivity index (χ0) is 12.8. The summed E-state index contributed by atoms with van der Waals surface area (Å²) in [6, 6.07) is 1.78. The maximum absolute atomic E-state index is 9.52. The molecule has 0 spiro atoms. The van der Waals surface area contributed by atoms with E-state index < -0.39 is 6.10 Å². The molecule has 0 aromatic carbocycles. The van der Waals surface area contributed by atoms with Gasteiger partial charge in [0, 0.05) is 25.6 Å². The summed E-state index contributed by atoms with van der Waals surface area (Å²) in [5.41, 5.74) is 0. The summed E-state index contributed by atoms with van der Waals surface area (Å²) in [6.45, 7) is 4.77. The molecule has 0 aliphatic rings. The number of aliphatic hydroxyl groups excluding tert-OH is 1. The van der Waals surface area contributed by atoms with Crippen molar-refractivity contribution in [2.45, 2.75) is 25.9 Å². The molecule has 96 valence electrons. The van der Waals surface area contributed by atoms with Gasteiger partial charge in [-0.05, 0) is 15.9 Å². The molecule has 2 N–H and O–H groups in total. The summed E-state index contributed by atoms with van der Waals surface area (Å²) < 4.78 is 5.58. The Hall–Kier alpha value is -0.720. The predicted molar refractivity (Wildman–Crippen MR) is 70.2 cm³/mol. The molecule has 0 bridgehead atoms. The second-order valence-corrected chi connectivity index (χ2v) is 4.89. The van der Waals surface area contributed by atoms with Crippen LogP contribution >= 0.6 is 15.9 Å². The van der Waals surface area contributed by atoms with Gasteiger partial charge in [0.2, 0.25) is 0 Å². The fourth-order valence-corrected chi connectivity index (χ4v) is 1.66. The number of anilines is 1. The largest absolute Gasteiger partial charge is 0.389 e. The quantitative estimate of drug-likeness (QED) is 0.784. The first kappa shape index (κ1) is 14.3. The van der Waals surface area contributed by atoms with Crippen LogP contribution in [-0.2, 0) is 4.74 Å². The number of nitrogens with one attached hydrogen (secondary N) is 1. The average Bonchev–Trinajstić information content (AvgIpc) is 2.26. The smallest absolute Gasteiger partial charge is 0.134 e. The van der Waals surface area contributed by atoms with E-state index in [9.17, 15) is 5.11 Å². The third-order valence-electron chi connectivity index (χ3n) is 2.11. The Kier molecular flexibility index (Phi) is 5.80. The van der Waals surface area contributed by atoms with E-state index in [4.69, 9.17) is 4.74 Å². The molecule has 6 heteroatoms. The van der Waals surface area contributed by atoms with Gasteiger partial charge in [0.15, 0.2) is 0 Å². The highest BCUT2D eigenvalue weighted by Crippen LogP contribution is 2.17. The number of methoxy groups -OCH3 is 1. The maximum Gasteiger partial charge on any atom is 0.134 e. The number of aliphatic hydroxyl groups is 1. The summed E-state index contributed by atoms with van der Waals surface area (Å²) in [4.78, 5) is 8.64. The summed E-state index contributed by atoms with van der Waals surface area (Å²) in [5.74, 6) is 1.73. The van der Waals surface area contributed by atoms with Crippen LogP contribution in [0.5, 0.6) is 0 Å². The van der Waals surface area contributed by atoms with Crippen molar-refractivity contribution >= 4 is 21.7 Å². The number of halogens is 1. The van der Waals surface area contributed by atoms with Crippen molar-refractivity contribution in [3.63, 3.8) is 0 Å². The lowest BCUT2D eigenvalue weighted by Crippen LogP contribution is -2.24. The SMILES string of the molecule is COCC(O)CNc1cc(Br)nc(C(C)C)n1. The van der Waals surface area contributed by atoms with E-state index in [0.29, 0.717) is 19.0 Å². The van der Waals surface area contributed by atoms with Crippen LogP contribution < -0.4 is 5.32 Å². The minimum Gasteiger partial charge on any atom is -0.389 e. The summed E-state index contributed by atoms with van der Waals surface area (Å²) in [5, 5.41) is 12.6. The van der Waals surface area contributed by atoms with Crippen LogP contribution in [-0.4, -0.2) is 41.4 Å². The summed E-state index contributed by atoms with van der Waals surface area (Å²) >= 11 is 3.34. The third-order valence-corrected chi connectivity index (χ3v) is 2.51. The van der Waals surface area contributed by atoms with Crippen LogP contribution in [0.2, 0.25) is 0 Å². The lowest BCUT2D eigenvalue weighted by atomic mass is 10.2. The molecule has 0 amide bonds. The fourth-order valence-electron chi connectivity index (χ4n) is 1.26. The number of nitrogens with zero attached hydrogens (tertiary/aromatic N) is 2. The topological polar surface area (TPSA) is 67.3 Å². The van der Waals surface area contributed by atoms with Crippen LogP contribution in [0.4, 0.5) is 5.82 Å². The molecule has 1 aromatic rings. The van der Waals surface area contributed by atoms with Crippen LogP contribution in [0.25, 0.3) is 0 Å². The number of hydrogen-bond acceptors (Lipinski definition) is 5. The minimum absolute atomic E-state index is 0.261. The Morgan fingerprint density at radius 3 is 2.76 bits per heavy atom. The Labute approximate surface area is 110 Å². The Balaban J connectivity index is 2.64. The first-order valence-corrected chi connectivity index (χ1v) is 6.27. The van der Waals surface area contributed by atoms with Crippen LogP contribution in [0.1, 0.15) is 25.6 Å². The standard InChI is InChI=1S/C11H18BrN3O2/c1-7(2)11-14-9(12)4-10(15-11)13-5-8(16)6-17-3/h4,7-8,16H,5-6H2,1-3H3,(H,13,14,15). The fraction of sp³-hybridized carbons (Fsp3) is 0.636. The molecule has 17 heavy (non-hydrogen) atoms. The zero-order valence-corrected chi connectivity index (χ0v) is 11.9. The van der Waals surface area contributed by atoms with Crippen molar-refractivity contribution in [3.8, 4) is 0 Å². The normalized spacial score (nSPS) is 12.8. The highest BCUT2D eigenvalue weighted by Gasteiger charge is 2.08. The molecule has 1 aromatic heterocycles. The van der Waals surface area contributed by atoms with E-state index in [1.807, 2.05) is 13.8 Å². The van der Waals surface area contributed by atoms with E-state index in [1.54, 1.807) is 13.2 Å². The molecule has 0 saturated heterocycles. The second kappa shape index (κ2) is 6.88. The van der Waals surface area contributed by atoms with Crippen molar-refractivity contribution in [1.29, 1.82) is 0 Å². The molecule has 0 aliphatic heterocycles. The van der Waals surface area contributed by atoms with Crippen molar-refractivity contribution in [2.75, 3.05) is 25.6 Å². The molecule has 1 heterocycles. The van der Waals surface area contributed by atoms with Crippen molar-refractivity contribution in [1.82, 2.24) is 9.97 Å². The van der Waals surface area contributed by atoms with Gasteiger partial charge >= 0.3 is 0 Å². The van der Waals surface area contributed by atoms with Gasteiger partial charge in [-0.1, -0.05) is 13.8 Å². The molecule has 1 unspecified atom stereocenters. The highest BCUT2D eigenvalue weighted by molar-refractivity contribution is 9.10. The first-order valence-electron chi connectivity index (χ1n) is 5.48. The molecule has 1 atom stereocenters. The van der Waals surface area contributed by atoms with Crippen molar-refractivity contribution in [2.24, 2.45) is 0 Å². The molecular formula is C11H18BrN3O2. The van der Waals surface area contributed by atoms with Gasteiger partial charge in [0.1, 0.15) is 16.2 Å². The zero-order valence-electron chi connectivity index (χ0n) is 10.3. The lowest BCUT2D eigenvalue weighted by Gasteiger charge is -2.12. The second-order valence-electron chi connectivity index (χ2n) is 4.08. The molecule has 0 radical (unpaired) electrons. The first-order chi connectivity index (χ1) is 8.02. The number of rotatable bonds is 6.